The van der Waals surface area contributed by atoms with Crippen LogP contribution in [0.25, 0.3) is 0 Å². The molecule has 1 rings (SSSR count). The van der Waals surface area contributed by atoms with E-state index in [0.717, 1.165) is 12.5 Å². The summed E-state index contributed by atoms with van der Waals surface area (Å²) in [6, 6.07) is 3.53. The van der Waals surface area contributed by atoms with Gasteiger partial charge in [0.1, 0.15) is 11.6 Å². The first-order valence-electron chi connectivity index (χ1n) is 5.83. The summed E-state index contributed by atoms with van der Waals surface area (Å²) in [4.78, 5) is 12.2. The molecule has 0 heterocycles. The van der Waals surface area contributed by atoms with E-state index in [2.05, 4.69) is 0 Å². The van der Waals surface area contributed by atoms with E-state index in [-0.39, 0.29) is 18.8 Å². The molecule has 0 amide bonds. The van der Waals surface area contributed by atoms with Crippen LogP contribution >= 0.6 is 12.4 Å². The number of benzene rings is 1. The lowest BCUT2D eigenvalue weighted by molar-refractivity contribution is -0.137. The Kier molecular flexibility index (Phi) is 8.27. The monoisotopic (exact) mass is 293 g/mol. The third-order valence-corrected chi connectivity index (χ3v) is 2.64. The Hall–Kier alpha value is -1.20. The van der Waals surface area contributed by atoms with Gasteiger partial charge < -0.3 is 10.0 Å². The number of hydrogen-bond donors (Lipinski definition) is 1. The van der Waals surface area contributed by atoms with Gasteiger partial charge in [-0.3, -0.25) is 4.79 Å². The van der Waals surface area contributed by atoms with Crippen LogP contribution in [0.2, 0.25) is 0 Å². The summed E-state index contributed by atoms with van der Waals surface area (Å²) in [6.07, 6.45) is 1.50. The number of unbranched alkanes of at least 4 members (excludes halogenated alkanes) is 1. The fourth-order valence-electron chi connectivity index (χ4n) is 1.68. The number of carbonyl (C=O) groups is 1. The maximum absolute atomic E-state index is 13.4. The molecule has 108 valence electrons. The maximum Gasteiger partial charge on any atom is 0.303 e. The Morgan fingerprint density at radius 3 is 2.58 bits per heavy atom. The normalized spacial score (nSPS) is 10.3. The zero-order valence-electron chi connectivity index (χ0n) is 10.7. The number of carboxylic acids is 1. The van der Waals surface area contributed by atoms with Crippen molar-refractivity contribution in [1.29, 1.82) is 0 Å². The van der Waals surface area contributed by atoms with E-state index in [1.54, 1.807) is 0 Å². The highest BCUT2D eigenvalue weighted by Crippen LogP contribution is 2.12. The molecule has 0 spiro atoms. The van der Waals surface area contributed by atoms with E-state index in [0.29, 0.717) is 25.1 Å². The molecular weight excluding hydrogens is 276 g/mol. The van der Waals surface area contributed by atoms with Gasteiger partial charge in [-0.25, -0.2) is 8.78 Å². The number of nitrogens with zero attached hydrogens (tertiary/aromatic N) is 1. The van der Waals surface area contributed by atoms with Crippen molar-refractivity contribution >= 4 is 18.4 Å². The highest BCUT2D eigenvalue weighted by Gasteiger charge is 2.07. The molecule has 1 N–H and O–H groups in total. The van der Waals surface area contributed by atoms with Crippen LogP contribution in [0, 0.1) is 11.6 Å². The average Bonchev–Trinajstić information content (AvgIpc) is 2.28. The summed E-state index contributed by atoms with van der Waals surface area (Å²) in [7, 11) is 1.82. The van der Waals surface area contributed by atoms with Gasteiger partial charge in [0.15, 0.2) is 0 Å². The third kappa shape index (κ3) is 7.08. The lowest BCUT2D eigenvalue weighted by Crippen LogP contribution is -2.20. The van der Waals surface area contributed by atoms with Gasteiger partial charge >= 0.3 is 5.97 Å². The Labute approximate surface area is 117 Å². The topological polar surface area (TPSA) is 40.5 Å². The van der Waals surface area contributed by atoms with Crippen molar-refractivity contribution in [1.82, 2.24) is 4.90 Å². The average molecular weight is 294 g/mol. The van der Waals surface area contributed by atoms with Crippen LogP contribution in [0.1, 0.15) is 24.8 Å². The van der Waals surface area contributed by atoms with Crippen LogP contribution in [0.15, 0.2) is 18.2 Å². The largest absolute Gasteiger partial charge is 0.481 e. The predicted octanol–water partition coefficient (Wildman–Crippen LogP) is 3.07. The zero-order chi connectivity index (χ0) is 13.5. The molecule has 1 aromatic rings. The van der Waals surface area contributed by atoms with Gasteiger partial charge in [-0.15, -0.1) is 12.4 Å². The van der Waals surface area contributed by atoms with Gasteiger partial charge in [0.2, 0.25) is 0 Å². The minimum Gasteiger partial charge on any atom is -0.481 e. The van der Waals surface area contributed by atoms with Gasteiger partial charge in [-0.1, -0.05) is 6.07 Å². The molecule has 3 nitrogen and oxygen atoms in total. The van der Waals surface area contributed by atoms with Gasteiger partial charge in [0.05, 0.1) is 0 Å². The van der Waals surface area contributed by atoms with E-state index < -0.39 is 17.6 Å². The molecule has 0 aromatic heterocycles. The van der Waals surface area contributed by atoms with Gasteiger partial charge in [-0.05, 0) is 32.5 Å². The van der Waals surface area contributed by atoms with Crippen LogP contribution in [0.4, 0.5) is 8.78 Å². The molecule has 0 aliphatic rings. The first kappa shape index (κ1) is 17.8. The minimum absolute atomic E-state index is 0. The van der Waals surface area contributed by atoms with Crippen LogP contribution in [0.3, 0.4) is 0 Å². The van der Waals surface area contributed by atoms with E-state index in [1.165, 1.54) is 12.1 Å². The van der Waals surface area contributed by atoms with Crippen LogP contribution in [-0.2, 0) is 11.3 Å². The second kappa shape index (κ2) is 8.82. The highest BCUT2D eigenvalue weighted by atomic mass is 35.5. The number of aliphatic carboxylic acids is 1. The van der Waals surface area contributed by atoms with E-state index >= 15 is 0 Å². The molecule has 0 fully saturated rings. The van der Waals surface area contributed by atoms with E-state index in [9.17, 15) is 13.6 Å². The quantitative estimate of drug-likeness (QED) is 0.786. The molecule has 1 aromatic carbocycles. The standard InChI is InChI=1S/C13H17F2NO2.ClH/c1-16(7-3-2-4-13(17)18)9-10-5-6-11(14)8-12(10)15;/h5-6,8H,2-4,7,9H2,1H3,(H,17,18);1H. The highest BCUT2D eigenvalue weighted by molar-refractivity contribution is 5.85. The van der Waals surface area contributed by atoms with Crippen molar-refractivity contribution in [3.05, 3.63) is 35.4 Å². The number of carboxylic acid groups (broad SMARTS) is 1. The summed E-state index contributed by atoms with van der Waals surface area (Å²) >= 11 is 0. The van der Waals surface area contributed by atoms with Crippen molar-refractivity contribution in [2.75, 3.05) is 13.6 Å². The van der Waals surface area contributed by atoms with Gasteiger partial charge in [0, 0.05) is 24.6 Å². The molecule has 0 aliphatic heterocycles. The molecule has 6 heteroatoms. The van der Waals surface area contributed by atoms with Crippen LogP contribution in [0.5, 0.6) is 0 Å². The zero-order valence-corrected chi connectivity index (χ0v) is 11.6. The molecule has 0 saturated carbocycles. The third-order valence-electron chi connectivity index (χ3n) is 2.64. The summed E-state index contributed by atoms with van der Waals surface area (Å²) in [5.41, 5.74) is 0.442. The molecule has 0 unspecified atom stereocenters. The molecule has 19 heavy (non-hydrogen) atoms. The second-order valence-corrected chi connectivity index (χ2v) is 4.32. The Balaban J connectivity index is 0.00000324. The minimum atomic E-state index is -0.803. The SMILES string of the molecule is CN(CCCCC(=O)O)Cc1ccc(F)cc1F.Cl. The van der Waals surface area contributed by atoms with Crippen molar-refractivity contribution in [3.63, 3.8) is 0 Å². The molecule has 0 aliphatic carbocycles. The van der Waals surface area contributed by atoms with E-state index in [4.69, 9.17) is 5.11 Å². The van der Waals surface area contributed by atoms with E-state index in [1.807, 2.05) is 11.9 Å². The molecule has 0 radical (unpaired) electrons. The fraction of sp³-hybridized carbons (Fsp3) is 0.462. The lowest BCUT2D eigenvalue weighted by Gasteiger charge is -2.16. The van der Waals surface area contributed by atoms with Gasteiger partial charge in [0.25, 0.3) is 0 Å². The lowest BCUT2D eigenvalue weighted by atomic mass is 10.2. The first-order valence-corrected chi connectivity index (χ1v) is 5.83. The second-order valence-electron chi connectivity index (χ2n) is 4.32. The van der Waals surface area contributed by atoms with Crippen LogP contribution in [-0.4, -0.2) is 29.6 Å². The summed E-state index contributed by atoms with van der Waals surface area (Å²) in [6.45, 7) is 1.07. The number of hydrogen-bond acceptors (Lipinski definition) is 2. The van der Waals surface area contributed by atoms with Gasteiger partial charge in [-0.2, -0.15) is 0 Å². The Morgan fingerprint density at radius 2 is 2.00 bits per heavy atom. The van der Waals surface area contributed by atoms with Crippen LogP contribution < -0.4 is 0 Å². The summed E-state index contributed by atoms with van der Waals surface area (Å²) in [5, 5.41) is 8.48. The molecule has 0 atom stereocenters. The summed E-state index contributed by atoms with van der Waals surface area (Å²) in [5.74, 6) is -1.94. The molecule has 0 bridgehead atoms. The summed E-state index contributed by atoms with van der Waals surface area (Å²) < 4.78 is 26.1. The number of rotatable bonds is 7. The Bertz CT molecular complexity index is 416. The maximum atomic E-state index is 13.4. The van der Waals surface area contributed by atoms with Crippen molar-refractivity contribution in [2.45, 2.75) is 25.8 Å². The Morgan fingerprint density at radius 1 is 1.32 bits per heavy atom. The molecule has 0 saturated heterocycles. The molecular formula is C13H18ClF2NO2. The fourth-order valence-corrected chi connectivity index (χ4v) is 1.68. The van der Waals surface area contributed by atoms with Crippen molar-refractivity contribution in [2.24, 2.45) is 0 Å². The van der Waals surface area contributed by atoms with Crippen molar-refractivity contribution < 1.29 is 18.7 Å². The van der Waals surface area contributed by atoms with Crippen molar-refractivity contribution in [3.8, 4) is 0 Å². The predicted molar refractivity (Wildman–Crippen MR) is 71.4 cm³/mol. The number of halogens is 3. The first-order chi connectivity index (χ1) is 8.49. The smallest absolute Gasteiger partial charge is 0.303 e.